The van der Waals surface area contributed by atoms with Crippen molar-refractivity contribution < 1.29 is 18.7 Å². The zero-order valence-electron chi connectivity index (χ0n) is 19.6. The molecule has 4 rings (SSSR count). The number of ether oxygens (including phenoxy) is 1. The van der Waals surface area contributed by atoms with Crippen LogP contribution in [0.3, 0.4) is 0 Å². The molecule has 0 bridgehead atoms. The molecule has 0 atom stereocenters. The van der Waals surface area contributed by atoms with Crippen molar-refractivity contribution in [1.29, 1.82) is 0 Å². The van der Waals surface area contributed by atoms with Crippen molar-refractivity contribution in [1.82, 2.24) is 14.8 Å². The van der Waals surface area contributed by atoms with Gasteiger partial charge in [-0.25, -0.2) is 9.37 Å². The number of hydrogen-bond acceptors (Lipinski definition) is 6. The van der Waals surface area contributed by atoms with Crippen LogP contribution in [-0.2, 0) is 16.1 Å². The van der Waals surface area contributed by atoms with Crippen LogP contribution >= 0.6 is 11.3 Å². The maximum absolute atomic E-state index is 14.0. The molecule has 2 aliphatic rings. The van der Waals surface area contributed by atoms with Crippen LogP contribution in [0.2, 0.25) is 0 Å². The molecule has 2 aromatic rings. The maximum Gasteiger partial charge on any atom is 0.273 e. The molecular weight excluding hydrogens is 455 g/mol. The summed E-state index contributed by atoms with van der Waals surface area (Å²) in [5.74, 6) is -0.708. The number of amides is 2. The minimum atomic E-state index is -0.610. The van der Waals surface area contributed by atoms with Gasteiger partial charge in [0, 0.05) is 49.1 Å². The molecule has 2 fully saturated rings. The Morgan fingerprint density at radius 3 is 2.74 bits per heavy atom. The summed E-state index contributed by atoms with van der Waals surface area (Å²) >= 11 is 1.54. The van der Waals surface area contributed by atoms with E-state index in [9.17, 15) is 14.0 Å². The van der Waals surface area contributed by atoms with Crippen molar-refractivity contribution in [2.45, 2.75) is 44.8 Å². The Balaban J connectivity index is 1.36. The number of rotatable bonds is 6. The number of carbonyl (C=O) groups is 2. The molecule has 0 unspecified atom stereocenters. The number of hydrogen-bond donors (Lipinski definition) is 1. The molecule has 182 valence electrons. The van der Waals surface area contributed by atoms with E-state index < -0.39 is 5.91 Å². The van der Waals surface area contributed by atoms with Gasteiger partial charge in [0.25, 0.3) is 5.91 Å². The maximum atomic E-state index is 14.0. The predicted octanol–water partition coefficient (Wildman–Crippen LogP) is 3.41. The summed E-state index contributed by atoms with van der Waals surface area (Å²) in [4.78, 5) is 32.8. The number of primary amides is 1. The molecule has 2 N–H and O–H groups in total. The van der Waals surface area contributed by atoms with Crippen molar-refractivity contribution in [2.75, 3.05) is 32.8 Å². The SMILES string of the molecule is CC(C)c1nc(C(=O)N2CCOC3(CCN(Cc4ccc(F)c(C=CC(N)=O)c4)CC3)C2)cs1. The van der Waals surface area contributed by atoms with Crippen molar-refractivity contribution in [3.63, 3.8) is 0 Å². The number of carbonyl (C=O) groups excluding carboxylic acids is 2. The van der Waals surface area contributed by atoms with E-state index in [0.29, 0.717) is 43.4 Å². The number of likely N-dealkylation sites (tertiary alicyclic amines) is 1. The van der Waals surface area contributed by atoms with Gasteiger partial charge >= 0.3 is 0 Å². The average molecular weight is 487 g/mol. The first-order valence-corrected chi connectivity index (χ1v) is 12.5. The Labute approximate surface area is 203 Å². The zero-order chi connectivity index (χ0) is 24.3. The van der Waals surface area contributed by atoms with Gasteiger partial charge in [0.15, 0.2) is 0 Å². The number of piperidine rings is 1. The van der Waals surface area contributed by atoms with Gasteiger partial charge in [0.05, 0.1) is 23.8 Å². The van der Waals surface area contributed by atoms with Crippen LogP contribution in [-0.4, -0.2) is 65.0 Å². The van der Waals surface area contributed by atoms with E-state index in [1.807, 2.05) is 10.3 Å². The van der Waals surface area contributed by atoms with E-state index in [4.69, 9.17) is 10.5 Å². The molecule has 7 nitrogen and oxygen atoms in total. The molecule has 2 saturated heterocycles. The minimum absolute atomic E-state index is 0.0175. The molecule has 3 heterocycles. The third-order valence-corrected chi connectivity index (χ3v) is 7.58. The van der Waals surface area contributed by atoms with Gasteiger partial charge in [0.2, 0.25) is 5.91 Å². The number of benzene rings is 1. The summed E-state index contributed by atoms with van der Waals surface area (Å²) in [5, 5.41) is 2.84. The molecule has 9 heteroatoms. The summed E-state index contributed by atoms with van der Waals surface area (Å²) in [6.07, 6.45) is 4.21. The van der Waals surface area contributed by atoms with Crippen molar-refractivity contribution in [3.8, 4) is 0 Å². The van der Waals surface area contributed by atoms with Crippen LogP contribution in [0.25, 0.3) is 6.08 Å². The Kier molecular flexibility index (Phi) is 7.45. The van der Waals surface area contributed by atoms with E-state index >= 15 is 0 Å². The minimum Gasteiger partial charge on any atom is -0.371 e. The fourth-order valence-corrected chi connectivity index (χ4v) is 5.31. The molecule has 1 aromatic heterocycles. The number of halogens is 1. The summed E-state index contributed by atoms with van der Waals surface area (Å²) in [6.45, 7) is 8.15. The lowest BCUT2D eigenvalue weighted by Gasteiger charge is -2.47. The molecule has 0 radical (unpaired) electrons. The van der Waals surface area contributed by atoms with Crippen molar-refractivity contribution in [3.05, 3.63) is 57.3 Å². The number of morpholine rings is 1. The predicted molar refractivity (Wildman–Crippen MR) is 130 cm³/mol. The molecular formula is C25H31FN4O3S. The smallest absolute Gasteiger partial charge is 0.273 e. The monoisotopic (exact) mass is 486 g/mol. The van der Waals surface area contributed by atoms with E-state index in [2.05, 4.69) is 23.7 Å². The molecule has 0 saturated carbocycles. The Morgan fingerprint density at radius 2 is 2.06 bits per heavy atom. The largest absolute Gasteiger partial charge is 0.371 e. The fraction of sp³-hybridized carbons (Fsp3) is 0.480. The molecule has 1 spiro atoms. The molecule has 2 aliphatic heterocycles. The first kappa shape index (κ1) is 24.5. The third kappa shape index (κ3) is 5.71. The van der Waals surface area contributed by atoms with E-state index in [-0.39, 0.29) is 17.3 Å². The number of nitrogens with zero attached hydrogens (tertiary/aromatic N) is 3. The normalized spacial score (nSPS) is 18.8. The van der Waals surface area contributed by atoms with E-state index in [0.717, 1.165) is 42.6 Å². The van der Waals surface area contributed by atoms with Gasteiger partial charge < -0.3 is 15.4 Å². The lowest BCUT2D eigenvalue weighted by molar-refractivity contribution is -0.128. The Bertz CT molecular complexity index is 1080. The van der Waals surface area contributed by atoms with Crippen LogP contribution in [0.5, 0.6) is 0 Å². The van der Waals surface area contributed by atoms with Crippen LogP contribution < -0.4 is 5.73 Å². The third-order valence-electron chi connectivity index (χ3n) is 6.43. The highest BCUT2D eigenvalue weighted by atomic mass is 32.1. The van der Waals surface area contributed by atoms with Crippen LogP contribution in [0.15, 0.2) is 29.7 Å². The summed E-state index contributed by atoms with van der Waals surface area (Å²) in [6, 6.07) is 4.92. The standard InChI is InChI=1S/C25H31FN4O3S/c1-17(2)23-28-21(15-34-23)24(32)30-11-12-33-25(16-30)7-9-29(10-8-25)14-18-3-5-20(26)19(13-18)4-6-22(27)31/h3-6,13,15,17H,7-12,14,16H2,1-2H3,(H2,27,31). The second-order valence-corrected chi connectivity index (χ2v) is 10.2. The van der Waals surface area contributed by atoms with Crippen molar-refractivity contribution in [2.24, 2.45) is 5.73 Å². The highest BCUT2D eigenvalue weighted by Crippen LogP contribution is 2.32. The van der Waals surface area contributed by atoms with Gasteiger partial charge in [-0.3, -0.25) is 14.5 Å². The quantitative estimate of drug-likeness (QED) is 0.632. The molecule has 2 amide bonds. The van der Waals surface area contributed by atoms with E-state index in [1.54, 1.807) is 12.1 Å². The Hall–Kier alpha value is -2.62. The van der Waals surface area contributed by atoms with Gasteiger partial charge in [0.1, 0.15) is 11.5 Å². The van der Waals surface area contributed by atoms with Gasteiger partial charge in [-0.2, -0.15) is 0 Å². The first-order valence-electron chi connectivity index (χ1n) is 11.6. The van der Waals surface area contributed by atoms with Gasteiger partial charge in [-0.15, -0.1) is 11.3 Å². The zero-order valence-corrected chi connectivity index (χ0v) is 20.4. The van der Waals surface area contributed by atoms with Gasteiger partial charge in [-0.05, 0) is 36.6 Å². The lowest BCUT2D eigenvalue weighted by Crippen LogP contribution is -2.58. The highest BCUT2D eigenvalue weighted by molar-refractivity contribution is 7.09. The topological polar surface area (TPSA) is 88.8 Å². The van der Waals surface area contributed by atoms with Crippen LogP contribution in [0, 0.1) is 5.82 Å². The average Bonchev–Trinajstić information content (AvgIpc) is 3.31. The molecule has 34 heavy (non-hydrogen) atoms. The molecule has 0 aliphatic carbocycles. The van der Waals surface area contributed by atoms with Crippen LogP contribution in [0.1, 0.15) is 59.2 Å². The van der Waals surface area contributed by atoms with Crippen molar-refractivity contribution >= 4 is 29.2 Å². The highest BCUT2D eigenvalue weighted by Gasteiger charge is 2.41. The summed E-state index contributed by atoms with van der Waals surface area (Å²) in [7, 11) is 0. The number of nitrogens with two attached hydrogens (primary N) is 1. The lowest BCUT2D eigenvalue weighted by atomic mass is 9.89. The second kappa shape index (κ2) is 10.3. The molecule has 1 aromatic carbocycles. The van der Waals surface area contributed by atoms with Crippen LogP contribution in [0.4, 0.5) is 4.39 Å². The second-order valence-electron chi connectivity index (χ2n) is 9.35. The summed E-state index contributed by atoms with van der Waals surface area (Å²) in [5.41, 5.74) is 6.63. The summed E-state index contributed by atoms with van der Waals surface area (Å²) < 4.78 is 20.2. The Morgan fingerprint density at radius 1 is 1.29 bits per heavy atom. The number of thiazole rings is 1. The van der Waals surface area contributed by atoms with E-state index in [1.165, 1.54) is 23.5 Å². The number of aromatic nitrogens is 1. The van der Waals surface area contributed by atoms with Gasteiger partial charge in [-0.1, -0.05) is 19.9 Å². The first-order chi connectivity index (χ1) is 16.2. The fourth-order valence-electron chi connectivity index (χ4n) is 4.50.